The third-order valence-electron chi connectivity index (χ3n) is 4.44. The molecule has 2 heterocycles. The summed E-state index contributed by atoms with van der Waals surface area (Å²) >= 11 is 0. The van der Waals surface area contributed by atoms with Gasteiger partial charge in [-0.15, -0.1) is 0 Å². The molecule has 8 heteroatoms. The van der Waals surface area contributed by atoms with E-state index < -0.39 is 0 Å². The molecule has 1 saturated heterocycles. The zero-order chi connectivity index (χ0) is 20.2. The quantitative estimate of drug-likeness (QED) is 0.622. The van der Waals surface area contributed by atoms with Crippen LogP contribution in [0.4, 0.5) is 21.9 Å². The fourth-order valence-corrected chi connectivity index (χ4v) is 2.95. The maximum Gasteiger partial charge on any atom is 0.321 e. The molecule has 2 aromatic carbocycles. The zero-order valence-electron chi connectivity index (χ0n) is 15.3. The second kappa shape index (κ2) is 7.89. The lowest BCUT2D eigenvalue weighted by atomic mass is 10.1. The van der Waals surface area contributed by atoms with Crippen molar-refractivity contribution in [2.75, 3.05) is 28.6 Å². The van der Waals surface area contributed by atoms with Crippen molar-refractivity contribution >= 4 is 34.9 Å². The molecular weight excluding hydrogens is 372 g/mol. The number of anilines is 3. The summed E-state index contributed by atoms with van der Waals surface area (Å²) in [5.74, 6) is -0.398. The maximum atomic E-state index is 12.4. The van der Waals surface area contributed by atoms with E-state index in [2.05, 4.69) is 16.0 Å². The first-order valence-corrected chi connectivity index (χ1v) is 9.02. The van der Waals surface area contributed by atoms with Gasteiger partial charge in [-0.2, -0.15) is 0 Å². The highest BCUT2D eigenvalue weighted by Gasteiger charge is 2.21. The topological polar surface area (TPSA) is 104 Å². The van der Waals surface area contributed by atoms with Gasteiger partial charge in [0.25, 0.3) is 11.8 Å². The number of nitrogens with zero attached hydrogens (tertiary/aromatic N) is 1. The highest BCUT2D eigenvalue weighted by Crippen LogP contribution is 2.19. The predicted octanol–water partition coefficient (Wildman–Crippen LogP) is 3.31. The minimum atomic E-state index is -0.349. The highest BCUT2D eigenvalue weighted by molar-refractivity contribution is 6.05. The van der Waals surface area contributed by atoms with Crippen molar-refractivity contribution in [1.29, 1.82) is 0 Å². The lowest BCUT2D eigenvalue weighted by Gasteiger charge is -2.14. The van der Waals surface area contributed by atoms with E-state index in [1.807, 2.05) is 0 Å². The molecule has 1 aromatic heterocycles. The van der Waals surface area contributed by atoms with Gasteiger partial charge in [-0.25, -0.2) is 4.79 Å². The fourth-order valence-electron chi connectivity index (χ4n) is 2.95. The van der Waals surface area contributed by atoms with Gasteiger partial charge in [-0.05, 0) is 60.7 Å². The summed E-state index contributed by atoms with van der Waals surface area (Å²) in [6.45, 7) is 1.21. The molecule has 4 rings (SSSR count). The molecule has 0 bridgehead atoms. The van der Waals surface area contributed by atoms with E-state index in [0.717, 1.165) is 5.69 Å². The maximum absolute atomic E-state index is 12.4. The van der Waals surface area contributed by atoms with Gasteiger partial charge < -0.3 is 20.4 Å². The smallest absolute Gasteiger partial charge is 0.321 e. The standard InChI is InChI=1S/C21H18N4O4/c26-19(14-3-9-17(10-4-14)25-12-11-22-21(25)28)23-15-5-7-16(8-6-15)24-20(27)18-2-1-13-29-18/h1-10,13H,11-12H2,(H,22,28)(H,23,26)(H,24,27). The van der Waals surface area contributed by atoms with Gasteiger partial charge in [0.15, 0.2) is 5.76 Å². The van der Waals surface area contributed by atoms with Crippen molar-refractivity contribution in [1.82, 2.24) is 5.32 Å². The normalized spacial score (nSPS) is 13.1. The molecule has 0 unspecified atom stereocenters. The number of urea groups is 1. The van der Waals surface area contributed by atoms with Crippen LogP contribution in [-0.2, 0) is 0 Å². The van der Waals surface area contributed by atoms with Crippen LogP contribution in [0.15, 0.2) is 71.3 Å². The highest BCUT2D eigenvalue weighted by atomic mass is 16.3. The van der Waals surface area contributed by atoms with E-state index in [9.17, 15) is 14.4 Å². The number of carbonyl (C=O) groups is 3. The summed E-state index contributed by atoms with van der Waals surface area (Å²) in [6, 6.07) is 16.7. The molecule has 8 nitrogen and oxygen atoms in total. The number of hydrogen-bond donors (Lipinski definition) is 3. The first-order chi connectivity index (χ1) is 14.1. The average molecular weight is 390 g/mol. The monoisotopic (exact) mass is 390 g/mol. The van der Waals surface area contributed by atoms with Crippen LogP contribution < -0.4 is 20.9 Å². The van der Waals surface area contributed by atoms with Gasteiger partial charge in [-0.1, -0.05) is 0 Å². The lowest BCUT2D eigenvalue weighted by molar-refractivity contribution is 0.0994. The molecule has 0 radical (unpaired) electrons. The van der Waals surface area contributed by atoms with Gasteiger partial charge in [0.1, 0.15) is 0 Å². The molecule has 0 spiro atoms. The SMILES string of the molecule is O=C(Nc1ccc(NC(=O)c2ccco2)cc1)c1ccc(N2CCNC2=O)cc1. The van der Waals surface area contributed by atoms with Gasteiger partial charge in [-0.3, -0.25) is 14.5 Å². The Morgan fingerprint density at radius 2 is 1.55 bits per heavy atom. The molecule has 0 saturated carbocycles. The van der Waals surface area contributed by atoms with Crippen molar-refractivity contribution < 1.29 is 18.8 Å². The minimum Gasteiger partial charge on any atom is -0.459 e. The van der Waals surface area contributed by atoms with E-state index in [0.29, 0.717) is 30.0 Å². The van der Waals surface area contributed by atoms with E-state index in [1.54, 1.807) is 65.6 Å². The summed E-state index contributed by atoms with van der Waals surface area (Å²) in [5.41, 5.74) is 2.39. The lowest BCUT2D eigenvalue weighted by Crippen LogP contribution is -2.27. The molecule has 0 atom stereocenters. The first kappa shape index (κ1) is 18.3. The number of nitrogens with one attached hydrogen (secondary N) is 3. The number of benzene rings is 2. The third-order valence-corrected chi connectivity index (χ3v) is 4.44. The molecule has 3 aromatic rings. The predicted molar refractivity (Wildman–Crippen MR) is 108 cm³/mol. The van der Waals surface area contributed by atoms with Crippen molar-refractivity contribution in [3.8, 4) is 0 Å². The number of amides is 4. The Hall–Kier alpha value is -4.07. The average Bonchev–Trinajstić information content (AvgIpc) is 3.41. The molecule has 29 heavy (non-hydrogen) atoms. The van der Waals surface area contributed by atoms with Crippen molar-refractivity contribution in [2.45, 2.75) is 0 Å². The van der Waals surface area contributed by atoms with Crippen molar-refractivity contribution in [2.24, 2.45) is 0 Å². The summed E-state index contributed by atoms with van der Waals surface area (Å²) < 4.78 is 5.05. The van der Waals surface area contributed by atoms with Crippen LogP contribution in [0, 0.1) is 0 Å². The summed E-state index contributed by atoms with van der Waals surface area (Å²) in [5, 5.41) is 8.25. The van der Waals surface area contributed by atoms with Gasteiger partial charge in [0, 0.05) is 35.7 Å². The van der Waals surface area contributed by atoms with Gasteiger partial charge >= 0.3 is 6.03 Å². The molecule has 0 aliphatic carbocycles. The van der Waals surface area contributed by atoms with Crippen LogP contribution in [0.3, 0.4) is 0 Å². The number of carbonyl (C=O) groups excluding carboxylic acids is 3. The summed E-state index contributed by atoms with van der Waals surface area (Å²) in [4.78, 5) is 37.7. The minimum absolute atomic E-state index is 0.138. The number of rotatable bonds is 5. The van der Waals surface area contributed by atoms with Crippen molar-refractivity contribution in [3.05, 3.63) is 78.3 Å². The Balaban J connectivity index is 1.37. The molecule has 3 N–H and O–H groups in total. The van der Waals surface area contributed by atoms with Crippen LogP contribution in [0.5, 0.6) is 0 Å². The Morgan fingerprint density at radius 3 is 2.10 bits per heavy atom. The second-order valence-electron chi connectivity index (χ2n) is 6.39. The van der Waals surface area contributed by atoms with E-state index >= 15 is 0 Å². The number of furan rings is 1. The van der Waals surface area contributed by atoms with Crippen LogP contribution in [0.2, 0.25) is 0 Å². The van der Waals surface area contributed by atoms with Crippen LogP contribution in [-0.4, -0.2) is 30.9 Å². The molecule has 1 fully saturated rings. The largest absolute Gasteiger partial charge is 0.459 e. The molecular formula is C21H18N4O4. The fraction of sp³-hybridized carbons (Fsp3) is 0.0952. The Kier molecular flexibility index (Phi) is 4.98. The summed E-state index contributed by atoms with van der Waals surface area (Å²) in [7, 11) is 0. The Labute approximate surface area is 166 Å². The molecule has 1 aliphatic rings. The second-order valence-corrected chi connectivity index (χ2v) is 6.39. The Morgan fingerprint density at radius 1 is 0.897 bits per heavy atom. The van der Waals surface area contributed by atoms with E-state index in [1.165, 1.54) is 6.26 Å². The first-order valence-electron chi connectivity index (χ1n) is 9.02. The Bertz CT molecular complexity index is 1030. The molecule has 1 aliphatic heterocycles. The third kappa shape index (κ3) is 4.11. The van der Waals surface area contributed by atoms with Crippen molar-refractivity contribution in [3.63, 3.8) is 0 Å². The van der Waals surface area contributed by atoms with Gasteiger partial charge in [0.2, 0.25) is 0 Å². The van der Waals surface area contributed by atoms with Gasteiger partial charge in [0.05, 0.1) is 6.26 Å². The zero-order valence-corrected chi connectivity index (χ0v) is 15.3. The van der Waals surface area contributed by atoms with Crippen LogP contribution >= 0.6 is 0 Å². The van der Waals surface area contributed by atoms with E-state index in [4.69, 9.17) is 4.42 Å². The van der Waals surface area contributed by atoms with E-state index in [-0.39, 0.29) is 23.6 Å². The molecule has 146 valence electrons. The van der Waals surface area contributed by atoms with Crippen LogP contribution in [0.1, 0.15) is 20.9 Å². The van der Waals surface area contributed by atoms with Crippen LogP contribution in [0.25, 0.3) is 0 Å². The molecule has 4 amide bonds. The number of hydrogen-bond acceptors (Lipinski definition) is 4. The summed E-state index contributed by atoms with van der Waals surface area (Å²) in [6.07, 6.45) is 1.43.